The van der Waals surface area contributed by atoms with Crippen molar-refractivity contribution in [3.05, 3.63) is 54.1 Å². The van der Waals surface area contributed by atoms with E-state index < -0.39 is 0 Å². The summed E-state index contributed by atoms with van der Waals surface area (Å²) in [6, 6.07) is 15.8. The first kappa shape index (κ1) is 20.2. The van der Waals surface area contributed by atoms with Gasteiger partial charge in [0.25, 0.3) is 0 Å². The molecule has 1 N–H and O–H groups in total. The van der Waals surface area contributed by atoms with E-state index in [0.29, 0.717) is 13.2 Å². The van der Waals surface area contributed by atoms with Crippen LogP contribution < -0.4 is 14.8 Å². The Bertz CT molecular complexity index is 688. The molecule has 5 heteroatoms. The number of amides is 1. The highest BCUT2D eigenvalue weighted by atomic mass is 32.2. The maximum absolute atomic E-state index is 12.3. The molecule has 0 aliphatic heterocycles. The number of carbonyl (C=O) groups excluding carboxylic acids is 1. The summed E-state index contributed by atoms with van der Waals surface area (Å²) in [4.78, 5) is 13.3. The summed E-state index contributed by atoms with van der Waals surface area (Å²) in [7, 11) is 1.64. The van der Waals surface area contributed by atoms with Crippen LogP contribution in [0.2, 0.25) is 0 Å². The number of methoxy groups -OCH3 is 1. The summed E-state index contributed by atoms with van der Waals surface area (Å²) in [6.07, 6.45) is 1.77. The van der Waals surface area contributed by atoms with Gasteiger partial charge in [0.05, 0.1) is 19.0 Å². The van der Waals surface area contributed by atoms with Gasteiger partial charge in [0.2, 0.25) is 5.91 Å². The molecule has 1 atom stereocenters. The Kier molecular flexibility index (Phi) is 8.35. The second kappa shape index (κ2) is 10.8. The minimum Gasteiger partial charge on any atom is -0.497 e. The Morgan fingerprint density at radius 1 is 1.15 bits per heavy atom. The predicted octanol–water partition coefficient (Wildman–Crippen LogP) is 4.32. The standard InChI is InChI=1S/C21H27NO3S/c1-4-25-20-10-6-5-8-17(20)9-7-15-22-21(23)16(2)26-19-13-11-18(24-3)12-14-19/h5-6,8,10-14,16H,4,7,9,15H2,1-3H3,(H,22,23). The number of nitrogens with one attached hydrogen (secondary N) is 1. The molecule has 0 fully saturated rings. The van der Waals surface area contributed by atoms with E-state index in [1.807, 2.05) is 56.3 Å². The molecule has 0 heterocycles. The van der Waals surface area contributed by atoms with Crippen LogP contribution in [0.4, 0.5) is 0 Å². The van der Waals surface area contributed by atoms with Crippen molar-refractivity contribution in [2.45, 2.75) is 36.8 Å². The van der Waals surface area contributed by atoms with E-state index in [4.69, 9.17) is 9.47 Å². The summed E-state index contributed by atoms with van der Waals surface area (Å²) in [5.74, 6) is 1.81. The molecule has 0 spiro atoms. The van der Waals surface area contributed by atoms with Crippen LogP contribution in [-0.4, -0.2) is 31.4 Å². The van der Waals surface area contributed by atoms with Crippen molar-refractivity contribution >= 4 is 17.7 Å². The lowest BCUT2D eigenvalue weighted by Gasteiger charge is -2.13. The third kappa shape index (κ3) is 6.30. The number of hydrogen-bond donors (Lipinski definition) is 1. The number of ether oxygens (including phenoxy) is 2. The Hall–Kier alpha value is -2.14. The zero-order valence-electron chi connectivity index (χ0n) is 15.7. The van der Waals surface area contributed by atoms with Crippen molar-refractivity contribution < 1.29 is 14.3 Å². The third-order valence-corrected chi connectivity index (χ3v) is 5.05. The van der Waals surface area contributed by atoms with E-state index in [0.717, 1.165) is 29.2 Å². The van der Waals surface area contributed by atoms with Crippen LogP contribution in [0.25, 0.3) is 0 Å². The lowest BCUT2D eigenvalue weighted by atomic mass is 10.1. The first-order valence-electron chi connectivity index (χ1n) is 8.93. The molecule has 0 radical (unpaired) electrons. The van der Waals surface area contributed by atoms with Crippen LogP contribution in [-0.2, 0) is 11.2 Å². The lowest BCUT2D eigenvalue weighted by Crippen LogP contribution is -2.31. The highest BCUT2D eigenvalue weighted by Gasteiger charge is 2.14. The van der Waals surface area contributed by atoms with Crippen LogP contribution in [0.5, 0.6) is 11.5 Å². The average molecular weight is 374 g/mol. The van der Waals surface area contributed by atoms with Crippen molar-refractivity contribution in [2.75, 3.05) is 20.3 Å². The number of aryl methyl sites for hydroxylation is 1. The summed E-state index contributed by atoms with van der Waals surface area (Å²) < 4.78 is 10.8. The number of hydrogen-bond acceptors (Lipinski definition) is 4. The molecule has 26 heavy (non-hydrogen) atoms. The summed E-state index contributed by atoms with van der Waals surface area (Å²) >= 11 is 1.55. The predicted molar refractivity (Wildman–Crippen MR) is 107 cm³/mol. The van der Waals surface area contributed by atoms with Crippen LogP contribution >= 0.6 is 11.8 Å². The minimum atomic E-state index is -0.140. The molecule has 0 aromatic heterocycles. The van der Waals surface area contributed by atoms with E-state index in [-0.39, 0.29) is 11.2 Å². The second-order valence-electron chi connectivity index (χ2n) is 5.87. The average Bonchev–Trinajstić information content (AvgIpc) is 2.67. The first-order chi connectivity index (χ1) is 12.6. The summed E-state index contributed by atoms with van der Waals surface area (Å²) in [5, 5.41) is 2.88. The van der Waals surface area contributed by atoms with Gasteiger partial charge in [0.1, 0.15) is 11.5 Å². The highest BCUT2D eigenvalue weighted by Crippen LogP contribution is 2.25. The molecule has 0 bridgehead atoms. The molecule has 0 saturated heterocycles. The largest absolute Gasteiger partial charge is 0.497 e. The Morgan fingerprint density at radius 2 is 1.88 bits per heavy atom. The van der Waals surface area contributed by atoms with Gasteiger partial charge in [0, 0.05) is 11.4 Å². The van der Waals surface area contributed by atoms with Gasteiger partial charge in [-0.25, -0.2) is 0 Å². The lowest BCUT2D eigenvalue weighted by molar-refractivity contribution is -0.120. The zero-order chi connectivity index (χ0) is 18.8. The maximum atomic E-state index is 12.3. The monoisotopic (exact) mass is 373 g/mol. The molecule has 140 valence electrons. The number of benzene rings is 2. The topological polar surface area (TPSA) is 47.6 Å². The fourth-order valence-corrected chi connectivity index (χ4v) is 3.44. The molecule has 0 aliphatic rings. The van der Waals surface area contributed by atoms with Gasteiger partial charge < -0.3 is 14.8 Å². The van der Waals surface area contributed by atoms with Crippen molar-refractivity contribution in [3.63, 3.8) is 0 Å². The van der Waals surface area contributed by atoms with Crippen molar-refractivity contribution in [2.24, 2.45) is 0 Å². The van der Waals surface area contributed by atoms with Gasteiger partial charge in [-0.1, -0.05) is 18.2 Å². The van der Waals surface area contributed by atoms with Crippen LogP contribution in [0, 0.1) is 0 Å². The molecule has 1 amide bonds. The molecule has 4 nitrogen and oxygen atoms in total. The molecule has 0 aliphatic carbocycles. The van der Waals surface area contributed by atoms with Gasteiger partial charge in [-0.2, -0.15) is 0 Å². The molecule has 0 saturated carbocycles. The van der Waals surface area contributed by atoms with Crippen LogP contribution in [0.1, 0.15) is 25.8 Å². The number of thioether (sulfide) groups is 1. The van der Waals surface area contributed by atoms with E-state index in [1.54, 1.807) is 18.9 Å². The van der Waals surface area contributed by atoms with Gasteiger partial charge >= 0.3 is 0 Å². The Balaban J connectivity index is 1.74. The van der Waals surface area contributed by atoms with Crippen molar-refractivity contribution in [1.82, 2.24) is 5.32 Å². The maximum Gasteiger partial charge on any atom is 0.233 e. The fourth-order valence-electron chi connectivity index (χ4n) is 2.55. The Labute approximate surface area is 160 Å². The van der Waals surface area contributed by atoms with Gasteiger partial charge in [-0.05, 0) is 62.6 Å². The van der Waals surface area contributed by atoms with E-state index in [9.17, 15) is 4.79 Å². The summed E-state index contributed by atoms with van der Waals surface area (Å²) in [5.41, 5.74) is 1.18. The van der Waals surface area contributed by atoms with E-state index >= 15 is 0 Å². The molecular formula is C21H27NO3S. The van der Waals surface area contributed by atoms with Crippen LogP contribution in [0.3, 0.4) is 0 Å². The van der Waals surface area contributed by atoms with Crippen molar-refractivity contribution in [3.8, 4) is 11.5 Å². The number of carbonyl (C=O) groups is 1. The highest BCUT2D eigenvalue weighted by molar-refractivity contribution is 8.00. The van der Waals surface area contributed by atoms with Crippen molar-refractivity contribution in [1.29, 1.82) is 0 Å². The minimum absolute atomic E-state index is 0.0592. The molecule has 2 aromatic rings. The molecule has 2 aromatic carbocycles. The normalized spacial score (nSPS) is 11.7. The Morgan fingerprint density at radius 3 is 2.58 bits per heavy atom. The molecule has 1 unspecified atom stereocenters. The smallest absolute Gasteiger partial charge is 0.233 e. The van der Waals surface area contributed by atoms with Gasteiger partial charge in [0.15, 0.2) is 0 Å². The SMILES string of the molecule is CCOc1ccccc1CCCNC(=O)C(C)Sc1ccc(OC)cc1. The quantitative estimate of drug-likeness (QED) is 0.498. The zero-order valence-corrected chi connectivity index (χ0v) is 16.5. The molecular weight excluding hydrogens is 346 g/mol. The number of rotatable bonds is 10. The fraction of sp³-hybridized carbons (Fsp3) is 0.381. The third-order valence-electron chi connectivity index (χ3n) is 3.94. The van der Waals surface area contributed by atoms with E-state index in [1.165, 1.54) is 5.56 Å². The first-order valence-corrected chi connectivity index (χ1v) is 9.81. The summed E-state index contributed by atoms with van der Waals surface area (Å²) in [6.45, 7) is 5.23. The second-order valence-corrected chi connectivity index (χ2v) is 7.29. The van der Waals surface area contributed by atoms with Gasteiger partial charge in [-0.3, -0.25) is 4.79 Å². The van der Waals surface area contributed by atoms with Gasteiger partial charge in [-0.15, -0.1) is 11.8 Å². The van der Waals surface area contributed by atoms with Crippen LogP contribution in [0.15, 0.2) is 53.4 Å². The molecule has 2 rings (SSSR count). The number of para-hydroxylation sites is 1. The van der Waals surface area contributed by atoms with E-state index in [2.05, 4.69) is 11.4 Å².